The third-order valence-electron chi connectivity index (χ3n) is 3.19. The lowest BCUT2D eigenvalue weighted by atomic mass is 9.94. The predicted octanol–water partition coefficient (Wildman–Crippen LogP) is 1.31. The average molecular weight is 168 g/mol. The van der Waals surface area contributed by atoms with Gasteiger partial charge >= 0.3 is 0 Å². The van der Waals surface area contributed by atoms with Gasteiger partial charge in [0.25, 0.3) is 0 Å². The summed E-state index contributed by atoms with van der Waals surface area (Å²) in [6, 6.07) is 0.116. The summed E-state index contributed by atoms with van der Waals surface area (Å²) in [6.45, 7) is 1.90. The fourth-order valence-corrected chi connectivity index (χ4v) is 2.51. The van der Waals surface area contributed by atoms with Gasteiger partial charge in [-0.3, -0.25) is 4.79 Å². The van der Waals surface area contributed by atoms with E-state index in [9.17, 15) is 9.70 Å². The summed E-state index contributed by atoms with van der Waals surface area (Å²) < 4.78 is 0. The van der Waals surface area contributed by atoms with E-state index in [1.807, 2.05) is 6.92 Å². The number of fused-ring (bicyclic) bond motifs is 1. The Bertz CT molecular complexity index is 229. The Morgan fingerprint density at radius 2 is 2.25 bits per heavy atom. The van der Waals surface area contributed by atoms with Crippen LogP contribution >= 0.6 is 0 Å². The Hall–Kier alpha value is -0.930. The summed E-state index contributed by atoms with van der Waals surface area (Å²) in [7, 11) is 0. The number of carbonyl (C=O) groups excluding carboxylic acids is 1. The number of nitrogens with zero attached hydrogens (tertiary/aromatic N) is 2. The molecule has 66 valence electrons. The molecule has 4 heteroatoms. The molecular weight excluding hydrogens is 156 g/mol. The van der Waals surface area contributed by atoms with E-state index in [2.05, 4.69) is 5.29 Å². The second-order valence-electron chi connectivity index (χ2n) is 3.72. The summed E-state index contributed by atoms with van der Waals surface area (Å²) in [4.78, 5) is 21.7. The van der Waals surface area contributed by atoms with Crippen LogP contribution in [0.5, 0.6) is 0 Å². The highest BCUT2D eigenvalue weighted by Gasteiger charge is 2.48. The Morgan fingerprint density at radius 1 is 1.50 bits per heavy atom. The lowest BCUT2D eigenvalue weighted by molar-refractivity contribution is -0.132. The molecule has 1 saturated carbocycles. The van der Waals surface area contributed by atoms with Crippen LogP contribution in [-0.2, 0) is 4.79 Å². The smallest absolute Gasteiger partial charge is 0.248 e. The van der Waals surface area contributed by atoms with E-state index in [0.29, 0.717) is 5.92 Å². The predicted molar refractivity (Wildman–Crippen MR) is 42.9 cm³/mol. The van der Waals surface area contributed by atoms with E-state index in [0.717, 1.165) is 24.3 Å². The van der Waals surface area contributed by atoms with Crippen LogP contribution in [0.25, 0.3) is 0 Å². The van der Waals surface area contributed by atoms with Gasteiger partial charge in [-0.1, -0.05) is 13.3 Å². The fourth-order valence-electron chi connectivity index (χ4n) is 2.51. The normalized spacial score (nSPS) is 40.2. The van der Waals surface area contributed by atoms with Gasteiger partial charge in [-0.25, -0.2) is 0 Å². The first-order chi connectivity index (χ1) is 5.75. The summed E-state index contributed by atoms with van der Waals surface area (Å²) in [6.07, 6.45) is 3.15. The number of rotatable bonds is 1. The molecule has 3 atom stereocenters. The molecule has 1 aliphatic heterocycles. The first-order valence-corrected chi connectivity index (χ1v) is 4.42. The summed E-state index contributed by atoms with van der Waals surface area (Å²) in [5.41, 5.74) is 0. The molecule has 2 rings (SSSR count). The molecule has 0 N–H and O–H groups in total. The quantitative estimate of drug-likeness (QED) is 0.554. The van der Waals surface area contributed by atoms with Crippen molar-refractivity contribution in [1.29, 1.82) is 0 Å². The zero-order valence-electron chi connectivity index (χ0n) is 7.06. The minimum Gasteiger partial charge on any atom is -0.273 e. The molecule has 2 aliphatic rings. The van der Waals surface area contributed by atoms with Crippen LogP contribution in [0.15, 0.2) is 5.29 Å². The van der Waals surface area contributed by atoms with E-state index in [1.54, 1.807) is 0 Å². The fraction of sp³-hybridized carbons (Fsp3) is 0.875. The topological polar surface area (TPSA) is 49.7 Å². The van der Waals surface area contributed by atoms with Crippen LogP contribution in [0.3, 0.4) is 0 Å². The minimum atomic E-state index is -0.0836. The Balaban J connectivity index is 2.26. The highest BCUT2D eigenvalue weighted by atomic mass is 16.3. The molecule has 1 heterocycles. The average Bonchev–Trinajstić information content (AvgIpc) is 2.59. The first kappa shape index (κ1) is 7.71. The first-order valence-electron chi connectivity index (χ1n) is 4.42. The Kier molecular flexibility index (Phi) is 1.63. The van der Waals surface area contributed by atoms with Crippen molar-refractivity contribution in [2.45, 2.75) is 32.2 Å². The number of carbonyl (C=O) groups is 1. The van der Waals surface area contributed by atoms with Gasteiger partial charge in [0.15, 0.2) is 0 Å². The molecule has 0 aromatic carbocycles. The van der Waals surface area contributed by atoms with Gasteiger partial charge in [-0.05, 0) is 18.8 Å². The van der Waals surface area contributed by atoms with E-state index in [-0.39, 0.29) is 17.9 Å². The second-order valence-corrected chi connectivity index (χ2v) is 3.72. The molecule has 0 radical (unpaired) electrons. The molecule has 2 fully saturated rings. The third-order valence-corrected chi connectivity index (χ3v) is 3.19. The van der Waals surface area contributed by atoms with Crippen LogP contribution in [0.2, 0.25) is 0 Å². The summed E-state index contributed by atoms with van der Waals surface area (Å²) in [5.74, 6) is 0.310. The van der Waals surface area contributed by atoms with Crippen molar-refractivity contribution in [3.63, 3.8) is 0 Å². The third kappa shape index (κ3) is 0.806. The van der Waals surface area contributed by atoms with Gasteiger partial charge in [0.2, 0.25) is 5.91 Å². The molecule has 12 heavy (non-hydrogen) atoms. The van der Waals surface area contributed by atoms with Gasteiger partial charge in [0, 0.05) is 5.92 Å². The molecule has 1 aliphatic carbocycles. The van der Waals surface area contributed by atoms with E-state index in [1.165, 1.54) is 0 Å². The zero-order chi connectivity index (χ0) is 8.72. The van der Waals surface area contributed by atoms with E-state index in [4.69, 9.17) is 0 Å². The molecule has 0 spiro atoms. The molecule has 0 bridgehead atoms. The van der Waals surface area contributed by atoms with E-state index >= 15 is 0 Å². The molecule has 3 unspecified atom stereocenters. The Labute approximate surface area is 70.9 Å². The number of nitroso groups, excluding NO2 is 1. The monoisotopic (exact) mass is 168 g/mol. The molecular formula is C8H12N2O2. The van der Waals surface area contributed by atoms with Crippen molar-refractivity contribution < 1.29 is 4.79 Å². The maximum absolute atomic E-state index is 11.4. The maximum Gasteiger partial charge on any atom is 0.248 e. The Morgan fingerprint density at radius 3 is 2.92 bits per heavy atom. The number of hydrogen-bond acceptors (Lipinski definition) is 3. The summed E-state index contributed by atoms with van der Waals surface area (Å²) in [5, 5.41) is 3.95. The number of hydrogen-bond donors (Lipinski definition) is 0. The van der Waals surface area contributed by atoms with Crippen LogP contribution in [0, 0.1) is 16.7 Å². The molecule has 1 amide bonds. The SMILES string of the molecule is CC1C(=O)N(N=O)C2CCCC12. The molecule has 4 nitrogen and oxygen atoms in total. The van der Waals surface area contributed by atoms with Crippen LogP contribution < -0.4 is 0 Å². The van der Waals surface area contributed by atoms with Gasteiger partial charge in [-0.2, -0.15) is 5.01 Å². The lowest BCUT2D eigenvalue weighted by Gasteiger charge is -2.13. The van der Waals surface area contributed by atoms with Crippen LogP contribution in [0.4, 0.5) is 0 Å². The van der Waals surface area contributed by atoms with Crippen molar-refractivity contribution in [2.24, 2.45) is 17.1 Å². The highest BCUT2D eigenvalue weighted by Crippen LogP contribution is 2.41. The summed E-state index contributed by atoms with van der Waals surface area (Å²) >= 11 is 0. The van der Waals surface area contributed by atoms with Gasteiger partial charge in [0.1, 0.15) is 0 Å². The van der Waals surface area contributed by atoms with Crippen LogP contribution in [0.1, 0.15) is 26.2 Å². The second kappa shape index (κ2) is 2.54. The minimum absolute atomic E-state index is 0.00944. The van der Waals surface area contributed by atoms with E-state index < -0.39 is 0 Å². The van der Waals surface area contributed by atoms with Crippen molar-refractivity contribution in [3.05, 3.63) is 4.91 Å². The van der Waals surface area contributed by atoms with Crippen molar-refractivity contribution >= 4 is 5.91 Å². The lowest BCUT2D eigenvalue weighted by Crippen LogP contribution is -2.27. The van der Waals surface area contributed by atoms with Crippen molar-refractivity contribution in [3.8, 4) is 0 Å². The number of amides is 1. The highest BCUT2D eigenvalue weighted by molar-refractivity contribution is 5.81. The molecule has 0 aromatic heterocycles. The van der Waals surface area contributed by atoms with Crippen LogP contribution in [-0.4, -0.2) is 17.0 Å². The van der Waals surface area contributed by atoms with Gasteiger partial charge < -0.3 is 0 Å². The van der Waals surface area contributed by atoms with Crippen molar-refractivity contribution in [1.82, 2.24) is 5.01 Å². The van der Waals surface area contributed by atoms with Gasteiger partial charge in [-0.15, -0.1) is 4.91 Å². The largest absolute Gasteiger partial charge is 0.273 e. The van der Waals surface area contributed by atoms with Gasteiger partial charge in [0.05, 0.1) is 11.3 Å². The van der Waals surface area contributed by atoms with Crippen molar-refractivity contribution in [2.75, 3.05) is 0 Å². The zero-order valence-corrected chi connectivity index (χ0v) is 7.06. The maximum atomic E-state index is 11.4. The molecule has 0 aromatic rings. The molecule has 1 saturated heterocycles. The standard InChI is InChI=1S/C8H12N2O2/c1-5-6-3-2-4-7(6)10(9-12)8(5)11/h5-7H,2-4H2,1H3.